The van der Waals surface area contributed by atoms with Crippen LogP contribution in [0.4, 0.5) is 0 Å². The van der Waals surface area contributed by atoms with Gasteiger partial charge >= 0.3 is 0 Å². The van der Waals surface area contributed by atoms with Gasteiger partial charge in [0.15, 0.2) is 0 Å². The summed E-state index contributed by atoms with van der Waals surface area (Å²) < 4.78 is 6.03. The third kappa shape index (κ3) is 2.72. The predicted octanol–water partition coefficient (Wildman–Crippen LogP) is 3.67. The highest BCUT2D eigenvalue weighted by Gasteiger charge is 2.39. The fraction of sp³-hybridized carbons (Fsp3) is 0.529. The molecule has 2 aromatic rings. The van der Waals surface area contributed by atoms with Gasteiger partial charge in [0.25, 0.3) is 0 Å². The maximum Gasteiger partial charge on any atom is 0.237 e. The molecule has 4 heteroatoms. The van der Waals surface area contributed by atoms with Gasteiger partial charge in [-0.25, -0.2) is 0 Å². The molecule has 1 aromatic heterocycles. The first-order valence-corrected chi connectivity index (χ1v) is 7.67. The Kier molecular flexibility index (Phi) is 3.81. The summed E-state index contributed by atoms with van der Waals surface area (Å²) in [4.78, 5) is 0. The first-order chi connectivity index (χ1) is 10.1. The van der Waals surface area contributed by atoms with Crippen molar-refractivity contribution in [2.75, 3.05) is 7.05 Å². The van der Waals surface area contributed by atoms with Crippen molar-refractivity contribution in [2.45, 2.75) is 45.1 Å². The molecule has 4 nitrogen and oxygen atoms in total. The Morgan fingerprint density at radius 2 is 2.00 bits per heavy atom. The Labute approximate surface area is 126 Å². The molecular formula is C17H23N3O. The summed E-state index contributed by atoms with van der Waals surface area (Å²) in [7, 11) is 1.92. The van der Waals surface area contributed by atoms with E-state index in [1.165, 1.54) is 12.8 Å². The smallest absolute Gasteiger partial charge is 0.237 e. The maximum atomic E-state index is 6.03. The molecule has 0 saturated heterocycles. The highest BCUT2D eigenvalue weighted by atomic mass is 16.4. The van der Waals surface area contributed by atoms with Crippen LogP contribution in [0.5, 0.6) is 0 Å². The average molecular weight is 285 g/mol. The molecule has 0 aliphatic heterocycles. The van der Waals surface area contributed by atoms with E-state index >= 15 is 0 Å². The first kappa shape index (κ1) is 14.3. The first-order valence-electron chi connectivity index (χ1n) is 7.67. The highest BCUT2D eigenvalue weighted by molar-refractivity contribution is 5.23. The second-order valence-corrected chi connectivity index (χ2v) is 6.54. The molecule has 2 atom stereocenters. The van der Waals surface area contributed by atoms with Crippen LogP contribution in [-0.4, -0.2) is 17.2 Å². The molecule has 1 saturated carbocycles. The fourth-order valence-corrected chi connectivity index (χ4v) is 3.37. The van der Waals surface area contributed by atoms with Crippen molar-refractivity contribution in [2.24, 2.45) is 5.41 Å². The van der Waals surface area contributed by atoms with E-state index in [4.69, 9.17) is 4.42 Å². The van der Waals surface area contributed by atoms with Crippen LogP contribution >= 0.6 is 0 Å². The molecule has 1 aromatic carbocycles. The summed E-state index contributed by atoms with van der Waals surface area (Å²) in [5.74, 6) is 1.83. The fourth-order valence-electron chi connectivity index (χ4n) is 3.37. The van der Waals surface area contributed by atoms with Gasteiger partial charge in [0.1, 0.15) is 6.04 Å². The minimum Gasteiger partial charge on any atom is -0.423 e. The monoisotopic (exact) mass is 285 g/mol. The van der Waals surface area contributed by atoms with Gasteiger partial charge in [0.2, 0.25) is 11.8 Å². The predicted molar refractivity (Wildman–Crippen MR) is 82.0 cm³/mol. The average Bonchev–Trinajstić information content (AvgIpc) is 3.07. The molecule has 112 valence electrons. The number of rotatable bonds is 4. The van der Waals surface area contributed by atoms with Gasteiger partial charge in [0.05, 0.1) is 0 Å². The van der Waals surface area contributed by atoms with Crippen molar-refractivity contribution < 1.29 is 4.42 Å². The number of nitrogens with zero attached hydrogens (tertiary/aromatic N) is 2. The largest absolute Gasteiger partial charge is 0.423 e. The summed E-state index contributed by atoms with van der Waals surface area (Å²) in [6.45, 7) is 4.59. The molecule has 2 unspecified atom stereocenters. The van der Waals surface area contributed by atoms with Gasteiger partial charge in [-0.2, -0.15) is 0 Å². The van der Waals surface area contributed by atoms with E-state index in [2.05, 4.69) is 41.5 Å². The summed E-state index contributed by atoms with van der Waals surface area (Å²) in [6.07, 6.45) is 3.61. The van der Waals surface area contributed by atoms with E-state index in [0.717, 1.165) is 17.9 Å². The normalized spacial score (nSPS) is 22.3. The summed E-state index contributed by atoms with van der Waals surface area (Å²) in [5.41, 5.74) is 1.40. The lowest BCUT2D eigenvalue weighted by Gasteiger charge is -2.23. The van der Waals surface area contributed by atoms with Crippen LogP contribution in [0.15, 0.2) is 34.7 Å². The van der Waals surface area contributed by atoms with Gasteiger partial charge in [-0.05, 0) is 30.9 Å². The van der Waals surface area contributed by atoms with Crippen LogP contribution in [0, 0.1) is 5.41 Å². The lowest BCUT2D eigenvalue weighted by molar-refractivity contribution is 0.277. The Bertz CT molecular complexity index is 591. The van der Waals surface area contributed by atoms with E-state index in [1.807, 2.05) is 25.2 Å². The minimum atomic E-state index is -0.0445. The molecular weight excluding hydrogens is 262 g/mol. The van der Waals surface area contributed by atoms with Crippen LogP contribution < -0.4 is 5.32 Å². The third-order valence-electron chi connectivity index (χ3n) is 4.68. The van der Waals surface area contributed by atoms with Crippen molar-refractivity contribution in [3.8, 4) is 0 Å². The van der Waals surface area contributed by atoms with Crippen molar-refractivity contribution in [1.29, 1.82) is 0 Å². The van der Waals surface area contributed by atoms with Crippen molar-refractivity contribution >= 4 is 0 Å². The molecule has 0 bridgehead atoms. The lowest BCUT2D eigenvalue weighted by atomic mass is 9.82. The van der Waals surface area contributed by atoms with Gasteiger partial charge < -0.3 is 9.73 Å². The Morgan fingerprint density at radius 3 is 2.62 bits per heavy atom. The highest BCUT2D eigenvalue weighted by Crippen LogP contribution is 2.48. The SMILES string of the molecule is CNC(c1ccccc1)c1nnc(C2CCCC2(C)C)o1. The second kappa shape index (κ2) is 5.60. The Morgan fingerprint density at radius 1 is 1.24 bits per heavy atom. The van der Waals surface area contributed by atoms with Gasteiger partial charge in [-0.3, -0.25) is 0 Å². The van der Waals surface area contributed by atoms with Gasteiger partial charge in [0, 0.05) is 5.92 Å². The summed E-state index contributed by atoms with van der Waals surface area (Å²) in [5, 5.41) is 11.9. The van der Waals surface area contributed by atoms with E-state index in [9.17, 15) is 0 Å². The topological polar surface area (TPSA) is 51.0 Å². The molecule has 3 rings (SSSR count). The summed E-state index contributed by atoms with van der Waals surface area (Å²) in [6, 6.07) is 10.2. The standard InChI is InChI=1S/C17H23N3O/c1-17(2)11-7-10-13(17)15-19-20-16(21-15)14(18-3)12-8-5-4-6-9-12/h4-6,8-9,13-14,18H,7,10-11H2,1-3H3. The lowest BCUT2D eigenvalue weighted by Crippen LogP contribution is -2.18. The number of hydrogen-bond donors (Lipinski definition) is 1. The molecule has 1 N–H and O–H groups in total. The molecule has 21 heavy (non-hydrogen) atoms. The van der Waals surface area contributed by atoms with Crippen LogP contribution in [0.3, 0.4) is 0 Å². The van der Waals surface area contributed by atoms with Crippen LogP contribution in [0.2, 0.25) is 0 Å². The zero-order chi connectivity index (χ0) is 14.9. The van der Waals surface area contributed by atoms with Crippen molar-refractivity contribution in [1.82, 2.24) is 15.5 Å². The molecule has 1 aliphatic rings. The minimum absolute atomic E-state index is 0.0445. The zero-order valence-electron chi connectivity index (χ0n) is 13.0. The van der Waals surface area contributed by atoms with Crippen LogP contribution in [0.1, 0.15) is 62.4 Å². The van der Waals surface area contributed by atoms with Crippen LogP contribution in [0.25, 0.3) is 0 Å². The van der Waals surface area contributed by atoms with Crippen LogP contribution in [-0.2, 0) is 0 Å². The van der Waals surface area contributed by atoms with Crippen molar-refractivity contribution in [3.63, 3.8) is 0 Å². The van der Waals surface area contributed by atoms with E-state index < -0.39 is 0 Å². The number of aromatic nitrogens is 2. The van der Waals surface area contributed by atoms with Gasteiger partial charge in [-0.15, -0.1) is 10.2 Å². The number of nitrogens with one attached hydrogen (secondary N) is 1. The maximum absolute atomic E-state index is 6.03. The van der Waals surface area contributed by atoms with E-state index in [0.29, 0.717) is 11.8 Å². The zero-order valence-corrected chi connectivity index (χ0v) is 13.0. The molecule has 1 aliphatic carbocycles. The van der Waals surface area contributed by atoms with E-state index in [1.54, 1.807) is 0 Å². The van der Waals surface area contributed by atoms with E-state index in [-0.39, 0.29) is 11.5 Å². The molecule has 0 radical (unpaired) electrons. The second-order valence-electron chi connectivity index (χ2n) is 6.54. The molecule has 1 fully saturated rings. The van der Waals surface area contributed by atoms with Crippen molar-refractivity contribution in [3.05, 3.63) is 47.7 Å². The molecule has 1 heterocycles. The molecule has 0 spiro atoms. The Balaban J connectivity index is 1.87. The molecule has 0 amide bonds. The Hall–Kier alpha value is -1.68. The number of benzene rings is 1. The number of hydrogen-bond acceptors (Lipinski definition) is 4. The summed E-state index contributed by atoms with van der Waals surface area (Å²) >= 11 is 0. The quantitative estimate of drug-likeness (QED) is 0.931. The third-order valence-corrected chi connectivity index (χ3v) is 4.68. The van der Waals surface area contributed by atoms with Gasteiger partial charge in [-0.1, -0.05) is 50.6 Å².